The van der Waals surface area contributed by atoms with Crippen LogP contribution in [0.15, 0.2) is 0 Å². The van der Waals surface area contributed by atoms with Gasteiger partial charge in [-0.3, -0.25) is 0 Å². The maximum Gasteiger partial charge on any atom is 0.410 e. The smallest absolute Gasteiger partial charge is 0.410 e. The fourth-order valence-corrected chi connectivity index (χ4v) is 1.96. The molecule has 0 aromatic carbocycles. The van der Waals surface area contributed by atoms with Gasteiger partial charge in [-0.15, -0.1) is 0 Å². The van der Waals surface area contributed by atoms with Gasteiger partial charge in [-0.25, -0.2) is 10.7 Å². The number of rotatable bonds is 2. The van der Waals surface area contributed by atoms with E-state index in [1.807, 2.05) is 20.8 Å². The molecule has 0 radical (unpaired) electrons. The molecule has 5 heteroatoms. The van der Waals surface area contributed by atoms with E-state index >= 15 is 0 Å². The van der Waals surface area contributed by atoms with Crippen molar-refractivity contribution in [1.29, 1.82) is 0 Å². The molecule has 0 aliphatic carbocycles. The minimum atomic E-state index is -0.461. The van der Waals surface area contributed by atoms with E-state index in [9.17, 15) is 4.79 Å². The first-order chi connectivity index (χ1) is 7.33. The van der Waals surface area contributed by atoms with Gasteiger partial charge in [-0.1, -0.05) is 6.92 Å². The zero-order chi connectivity index (χ0) is 12.3. The molecule has 0 saturated carbocycles. The third kappa shape index (κ3) is 3.64. The Morgan fingerprint density at radius 2 is 2.12 bits per heavy atom. The van der Waals surface area contributed by atoms with E-state index in [4.69, 9.17) is 10.6 Å². The Labute approximate surface area is 96.8 Å². The molecule has 2 atom stereocenters. The lowest BCUT2D eigenvalue weighted by atomic mass is 10.1. The van der Waals surface area contributed by atoms with Crippen LogP contribution < -0.4 is 5.90 Å². The van der Waals surface area contributed by atoms with E-state index in [2.05, 4.69) is 11.8 Å². The number of hydrogen-bond donors (Lipinski definition) is 1. The van der Waals surface area contributed by atoms with Gasteiger partial charge in [0.05, 0.1) is 12.6 Å². The molecule has 5 nitrogen and oxygen atoms in total. The number of likely N-dealkylation sites (tertiary alicyclic amines) is 1. The summed E-state index contributed by atoms with van der Waals surface area (Å²) >= 11 is 0. The summed E-state index contributed by atoms with van der Waals surface area (Å²) in [7, 11) is 0. The summed E-state index contributed by atoms with van der Waals surface area (Å²) in [5.41, 5.74) is -0.461. The second-order valence-corrected chi connectivity index (χ2v) is 5.46. The second kappa shape index (κ2) is 5.01. The van der Waals surface area contributed by atoms with Crippen molar-refractivity contribution < 1.29 is 14.4 Å². The zero-order valence-corrected chi connectivity index (χ0v) is 10.5. The topological polar surface area (TPSA) is 64.8 Å². The van der Waals surface area contributed by atoms with Gasteiger partial charge in [0.1, 0.15) is 5.60 Å². The SMILES string of the molecule is CC1CC(CON)N(C(=O)OC(C)(C)C)C1. The number of hydrogen-bond acceptors (Lipinski definition) is 4. The Kier molecular flexibility index (Phi) is 4.15. The lowest BCUT2D eigenvalue weighted by molar-refractivity contribution is 0.0104. The molecular weight excluding hydrogens is 208 g/mol. The van der Waals surface area contributed by atoms with Crippen LogP contribution in [-0.4, -0.2) is 35.8 Å². The summed E-state index contributed by atoms with van der Waals surface area (Å²) in [5, 5.41) is 0. The van der Waals surface area contributed by atoms with Gasteiger partial charge >= 0.3 is 6.09 Å². The minimum absolute atomic E-state index is 0.0369. The Balaban J connectivity index is 2.59. The Morgan fingerprint density at radius 3 is 2.62 bits per heavy atom. The molecule has 1 fully saturated rings. The quantitative estimate of drug-likeness (QED) is 0.730. The average Bonchev–Trinajstić information content (AvgIpc) is 2.44. The predicted molar refractivity (Wildman–Crippen MR) is 60.6 cm³/mol. The van der Waals surface area contributed by atoms with E-state index in [0.29, 0.717) is 19.1 Å². The number of amides is 1. The van der Waals surface area contributed by atoms with Crippen molar-refractivity contribution in [2.24, 2.45) is 11.8 Å². The summed E-state index contributed by atoms with van der Waals surface area (Å²) in [5.74, 6) is 5.53. The number of ether oxygens (including phenoxy) is 1. The second-order valence-electron chi connectivity index (χ2n) is 5.46. The molecule has 1 heterocycles. The van der Waals surface area contributed by atoms with Gasteiger partial charge in [0.25, 0.3) is 0 Å². The third-order valence-electron chi connectivity index (χ3n) is 2.54. The van der Waals surface area contributed by atoms with Crippen molar-refractivity contribution in [1.82, 2.24) is 4.90 Å². The number of nitrogens with zero attached hydrogens (tertiary/aromatic N) is 1. The highest BCUT2D eigenvalue weighted by Crippen LogP contribution is 2.24. The zero-order valence-electron chi connectivity index (χ0n) is 10.5. The monoisotopic (exact) mass is 230 g/mol. The largest absolute Gasteiger partial charge is 0.444 e. The van der Waals surface area contributed by atoms with E-state index < -0.39 is 5.60 Å². The molecule has 0 aromatic heterocycles. The van der Waals surface area contributed by atoms with Crippen LogP contribution >= 0.6 is 0 Å². The van der Waals surface area contributed by atoms with Crippen molar-refractivity contribution in [3.8, 4) is 0 Å². The van der Waals surface area contributed by atoms with Crippen LogP contribution in [0.1, 0.15) is 34.1 Å². The summed E-state index contributed by atoms with van der Waals surface area (Å²) in [4.78, 5) is 18.2. The molecule has 0 bridgehead atoms. The van der Waals surface area contributed by atoms with Crippen LogP contribution in [0, 0.1) is 5.92 Å². The normalized spacial score (nSPS) is 25.9. The van der Waals surface area contributed by atoms with Gasteiger partial charge < -0.3 is 14.5 Å². The molecule has 94 valence electrons. The fraction of sp³-hybridized carbons (Fsp3) is 0.909. The third-order valence-corrected chi connectivity index (χ3v) is 2.54. The van der Waals surface area contributed by atoms with Gasteiger partial charge in [0.2, 0.25) is 0 Å². The summed E-state index contributed by atoms with van der Waals surface area (Å²) in [6.07, 6.45) is 0.634. The first-order valence-corrected chi connectivity index (χ1v) is 5.65. The highest BCUT2D eigenvalue weighted by Gasteiger charge is 2.35. The Bertz CT molecular complexity index is 250. The predicted octanol–water partition coefficient (Wildman–Crippen LogP) is 1.52. The number of carbonyl (C=O) groups is 1. The van der Waals surface area contributed by atoms with Gasteiger partial charge in [0.15, 0.2) is 0 Å². The molecule has 1 aliphatic rings. The van der Waals surface area contributed by atoms with E-state index in [1.54, 1.807) is 4.90 Å². The van der Waals surface area contributed by atoms with E-state index in [1.165, 1.54) is 0 Å². The van der Waals surface area contributed by atoms with Crippen molar-refractivity contribution in [3.63, 3.8) is 0 Å². The Hall–Kier alpha value is -0.810. The minimum Gasteiger partial charge on any atom is -0.444 e. The first kappa shape index (κ1) is 13.3. The standard InChI is InChI=1S/C11H22N2O3/c1-8-5-9(7-15-12)13(6-8)10(14)16-11(2,3)4/h8-9H,5-7,12H2,1-4H3. The van der Waals surface area contributed by atoms with Crippen molar-refractivity contribution in [2.45, 2.75) is 45.8 Å². The summed E-state index contributed by atoms with van der Waals surface area (Å²) in [6, 6.07) is 0.0369. The lowest BCUT2D eigenvalue weighted by Crippen LogP contribution is -2.42. The van der Waals surface area contributed by atoms with E-state index in [-0.39, 0.29) is 12.1 Å². The molecule has 1 rings (SSSR count). The van der Waals surface area contributed by atoms with Gasteiger partial charge in [0, 0.05) is 6.54 Å². The molecule has 0 spiro atoms. The van der Waals surface area contributed by atoms with Crippen molar-refractivity contribution in [2.75, 3.05) is 13.2 Å². The van der Waals surface area contributed by atoms with E-state index in [0.717, 1.165) is 6.42 Å². The molecule has 2 N–H and O–H groups in total. The van der Waals surface area contributed by atoms with Crippen molar-refractivity contribution >= 4 is 6.09 Å². The molecule has 16 heavy (non-hydrogen) atoms. The highest BCUT2D eigenvalue weighted by molar-refractivity contribution is 5.69. The summed E-state index contributed by atoms with van der Waals surface area (Å²) in [6.45, 7) is 8.76. The van der Waals surface area contributed by atoms with Gasteiger partial charge in [-0.05, 0) is 33.1 Å². The maximum atomic E-state index is 11.9. The molecule has 2 unspecified atom stereocenters. The van der Waals surface area contributed by atoms with Crippen LogP contribution in [0.5, 0.6) is 0 Å². The molecule has 1 saturated heterocycles. The number of nitrogens with two attached hydrogens (primary N) is 1. The molecule has 1 aliphatic heterocycles. The van der Waals surface area contributed by atoms with Crippen molar-refractivity contribution in [3.05, 3.63) is 0 Å². The Morgan fingerprint density at radius 1 is 1.50 bits per heavy atom. The summed E-state index contributed by atoms with van der Waals surface area (Å²) < 4.78 is 5.34. The van der Waals surface area contributed by atoms with Crippen LogP contribution in [-0.2, 0) is 9.57 Å². The first-order valence-electron chi connectivity index (χ1n) is 5.65. The van der Waals surface area contributed by atoms with Gasteiger partial charge in [-0.2, -0.15) is 0 Å². The molecule has 0 aromatic rings. The average molecular weight is 230 g/mol. The highest BCUT2D eigenvalue weighted by atomic mass is 16.6. The van der Waals surface area contributed by atoms with Crippen LogP contribution in [0.25, 0.3) is 0 Å². The van der Waals surface area contributed by atoms with Crippen LogP contribution in [0.4, 0.5) is 4.79 Å². The fourth-order valence-electron chi connectivity index (χ4n) is 1.96. The van der Waals surface area contributed by atoms with Crippen LogP contribution in [0.2, 0.25) is 0 Å². The molecular formula is C11H22N2O3. The maximum absolute atomic E-state index is 11.9. The lowest BCUT2D eigenvalue weighted by Gasteiger charge is -2.28. The number of carbonyl (C=O) groups excluding carboxylic acids is 1. The molecule has 1 amide bonds. The van der Waals surface area contributed by atoms with Crippen LogP contribution in [0.3, 0.4) is 0 Å².